The Morgan fingerprint density at radius 1 is 1.35 bits per heavy atom. The number of hydrogen-bond donors (Lipinski definition) is 2. The van der Waals surface area contributed by atoms with Crippen molar-refractivity contribution >= 4 is 5.91 Å². The van der Waals surface area contributed by atoms with Gasteiger partial charge in [0.2, 0.25) is 5.91 Å². The van der Waals surface area contributed by atoms with Gasteiger partial charge in [-0.2, -0.15) is 0 Å². The zero-order valence-corrected chi connectivity index (χ0v) is 11.8. The largest absolute Gasteiger partial charge is 0.350 e. The molecule has 0 aromatic heterocycles. The van der Waals surface area contributed by atoms with Crippen molar-refractivity contribution in [2.45, 2.75) is 71.4 Å². The highest BCUT2D eigenvalue weighted by atomic mass is 16.2. The maximum absolute atomic E-state index is 11.8. The van der Waals surface area contributed by atoms with E-state index in [1.165, 1.54) is 25.7 Å². The summed E-state index contributed by atoms with van der Waals surface area (Å²) in [5.41, 5.74) is -0.0847. The third-order valence-electron chi connectivity index (χ3n) is 3.85. The maximum Gasteiger partial charge on any atom is 0.234 e. The quantitative estimate of drug-likeness (QED) is 0.775. The van der Waals surface area contributed by atoms with Gasteiger partial charge in [0.15, 0.2) is 0 Å². The molecule has 1 amide bonds. The molecule has 0 bridgehead atoms. The number of rotatable bonds is 5. The van der Waals surface area contributed by atoms with Crippen molar-refractivity contribution in [2.75, 3.05) is 6.54 Å². The van der Waals surface area contributed by atoms with E-state index in [0.717, 1.165) is 12.3 Å². The van der Waals surface area contributed by atoms with Crippen LogP contribution in [0.3, 0.4) is 0 Å². The second-order valence-corrected chi connectivity index (χ2v) is 6.14. The first-order chi connectivity index (χ1) is 7.93. The Morgan fingerprint density at radius 2 is 2.06 bits per heavy atom. The lowest BCUT2D eigenvalue weighted by Gasteiger charge is -2.29. The number of carbonyl (C=O) groups is 1. The summed E-state index contributed by atoms with van der Waals surface area (Å²) in [7, 11) is 0. The average molecular weight is 240 g/mol. The molecule has 1 aliphatic rings. The van der Waals surface area contributed by atoms with E-state index >= 15 is 0 Å². The molecular weight excluding hydrogens is 212 g/mol. The van der Waals surface area contributed by atoms with Crippen molar-refractivity contribution in [3.05, 3.63) is 0 Å². The molecule has 17 heavy (non-hydrogen) atoms. The standard InChI is InChI=1S/C14H28N2O/c1-5-14(3,4)16-13(17)10-15-12-8-6-7-11(2)9-12/h11-12,15H,5-10H2,1-4H3,(H,16,17). The molecule has 0 heterocycles. The van der Waals surface area contributed by atoms with Gasteiger partial charge < -0.3 is 10.6 Å². The van der Waals surface area contributed by atoms with Gasteiger partial charge in [0.25, 0.3) is 0 Å². The summed E-state index contributed by atoms with van der Waals surface area (Å²) in [6, 6.07) is 0.536. The van der Waals surface area contributed by atoms with Crippen molar-refractivity contribution in [1.82, 2.24) is 10.6 Å². The number of nitrogens with one attached hydrogen (secondary N) is 2. The molecule has 2 unspecified atom stereocenters. The molecule has 1 aliphatic carbocycles. The minimum Gasteiger partial charge on any atom is -0.350 e. The predicted molar refractivity (Wildman–Crippen MR) is 71.9 cm³/mol. The van der Waals surface area contributed by atoms with Crippen LogP contribution in [0.15, 0.2) is 0 Å². The summed E-state index contributed by atoms with van der Waals surface area (Å²) < 4.78 is 0. The highest BCUT2D eigenvalue weighted by molar-refractivity contribution is 5.78. The highest BCUT2D eigenvalue weighted by Gasteiger charge is 2.21. The van der Waals surface area contributed by atoms with Crippen molar-refractivity contribution in [3.63, 3.8) is 0 Å². The van der Waals surface area contributed by atoms with Crippen LogP contribution in [0.1, 0.15) is 59.8 Å². The van der Waals surface area contributed by atoms with Gasteiger partial charge in [-0.15, -0.1) is 0 Å². The topological polar surface area (TPSA) is 41.1 Å². The summed E-state index contributed by atoms with van der Waals surface area (Å²) in [6.07, 6.45) is 6.02. The summed E-state index contributed by atoms with van der Waals surface area (Å²) in [5.74, 6) is 0.923. The fraction of sp³-hybridized carbons (Fsp3) is 0.929. The lowest BCUT2D eigenvalue weighted by molar-refractivity contribution is -0.122. The monoisotopic (exact) mass is 240 g/mol. The van der Waals surface area contributed by atoms with Gasteiger partial charge in [-0.3, -0.25) is 4.79 Å². The Morgan fingerprint density at radius 3 is 2.65 bits per heavy atom. The smallest absolute Gasteiger partial charge is 0.234 e. The van der Waals surface area contributed by atoms with Gasteiger partial charge in [0.05, 0.1) is 6.54 Å². The Balaban J connectivity index is 2.23. The summed E-state index contributed by atoms with van der Waals surface area (Å²) in [6.45, 7) is 8.98. The molecule has 0 spiro atoms. The number of amides is 1. The van der Waals surface area contributed by atoms with Crippen LogP contribution >= 0.6 is 0 Å². The maximum atomic E-state index is 11.8. The third kappa shape index (κ3) is 5.53. The van der Waals surface area contributed by atoms with Crippen LogP contribution in [0.5, 0.6) is 0 Å². The molecule has 2 N–H and O–H groups in total. The van der Waals surface area contributed by atoms with Gasteiger partial charge in [0, 0.05) is 11.6 Å². The average Bonchev–Trinajstić information content (AvgIpc) is 2.26. The molecule has 0 aromatic rings. The summed E-state index contributed by atoms with van der Waals surface area (Å²) >= 11 is 0. The molecule has 100 valence electrons. The van der Waals surface area contributed by atoms with Crippen LogP contribution in [0.2, 0.25) is 0 Å². The first kappa shape index (κ1) is 14.5. The zero-order valence-electron chi connectivity index (χ0n) is 11.8. The van der Waals surface area contributed by atoms with Gasteiger partial charge in [-0.05, 0) is 39.0 Å². The zero-order chi connectivity index (χ0) is 12.9. The SMILES string of the molecule is CCC(C)(C)NC(=O)CNC1CCCC(C)C1. The first-order valence-corrected chi connectivity index (χ1v) is 6.97. The van der Waals surface area contributed by atoms with Crippen LogP contribution in [0, 0.1) is 5.92 Å². The summed E-state index contributed by atoms with van der Waals surface area (Å²) in [4.78, 5) is 11.8. The van der Waals surface area contributed by atoms with E-state index in [2.05, 4.69) is 38.3 Å². The van der Waals surface area contributed by atoms with Gasteiger partial charge in [0.1, 0.15) is 0 Å². The second kappa shape index (κ2) is 6.39. The Labute approximate surface area is 106 Å². The van der Waals surface area contributed by atoms with E-state index in [0.29, 0.717) is 12.6 Å². The second-order valence-electron chi connectivity index (χ2n) is 6.14. The summed E-state index contributed by atoms with van der Waals surface area (Å²) in [5, 5.41) is 6.44. The molecule has 2 atom stereocenters. The Bertz CT molecular complexity index is 251. The fourth-order valence-corrected chi connectivity index (χ4v) is 2.37. The van der Waals surface area contributed by atoms with Gasteiger partial charge >= 0.3 is 0 Å². The molecule has 0 saturated heterocycles. The van der Waals surface area contributed by atoms with Crippen LogP contribution in [-0.2, 0) is 4.79 Å². The van der Waals surface area contributed by atoms with Crippen molar-refractivity contribution in [2.24, 2.45) is 5.92 Å². The first-order valence-electron chi connectivity index (χ1n) is 6.97. The highest BCUT2D eigenvalue weighted by Crippen LogP contribution is 2.23. The van der Waals surface area contributed by atoms with Crippen molar-refractivity contribution in [1.29, 1.82) is 0 Å². The molecule has 1 rings (SSSR count). The molecule has 3 heteroatoms. The molecule has 0 radical (unpaired) electrons. The van der Waals surface area contributed by atoms with E-state index in [-0.39, 0.29) is 11.4 Å². The molecule has 1 saturated carbocycles. The molecule has 1 fully saturated rings. The Kier molecular flexibility index (Phi) is 5.44. The lowest BCUT2D eigenvalue weighted by atomic mass is 9.87. The molecule has 0 aromatic carbocycles. The molecular formula is C14H28N2O. The van der Waals surface area contributed by atoms with Gasteiger partial charge in [-0.1, -0.05) is 26.7 Å². The van der Waals surface area contributed by atoms with Crippen LogP contribution in [-0.4, -0.2) is 24.0 Å². The van der Waals surface area contributed by atoms with E-state index < -0.39 is 0 Å². The predicted octanol–water partition coefficient (Wildman–Crippen LogP) is 2.46. The Hall–Kier alpha value is -0.570. The number of carbonyl (C=O) groups excluding carboxylic acids is 1. The number of hydrogen-bond acceptors (Lipinski definition) is 2. The van der Waals surface area contributed by atoms with Crippen LogP contribution in [0.4, 0.5) is 0 Å². The molecule has 0 aliphatic heterocycles. The van der Waals surface area contributed by atoms with Crippen molar-refractivity contribution in [3.8, 4) is 0 Å². The third-order valence-corrected chi connectivity index (χ3v) is 3.85. The van der Waals surface area contributed by atoms with E-state index in [1.807, 2.05) is 0 Å². The van der Waals surface area contributed by atoms with Crippen molar-refractivity contribution < 1.29 is 4.79 Å². The van der Waals surface area contributed by atoms with Gasteiger partial charge in [-0.25, -0.2) is 0 Å². The fourth-order valence-electron chi connectivity index (χ4n) is 2.37. The van der Waals surface area contributed by atoms with E-state index in [9.17, 15) is 4.79 Å². The molecule has 3 nitrogen and oxygen atoms in total. The minimum absolute atomic E-state index is 0.0847. The normalized spacial score (nSPS) is 25.6. The minimum atomic E-state index is -0.0847. The van der Waals surface area contributed by atoms with Crippen LogP contribution < -0.4 is 10.6 Å². The van der Waals surface area contributed by atoms with E-state index in [4.69, 9.17) is 0 Å². The van der Waals surface area contributed by atoms with Crippen LogP contribution in [0.25, 0.3) is 0 Å². The lowest BCUT2D eigenvalue weighted by Crippen LogP contribution is -2.48. The van der Waals surface area contributed by atoms with E-state index in [1.54, 1.807) is 0 Å².